The maximum Gasteiger partial charge on any atom is 0.124 e. The Labute approximate surface area is 130 Å². The maximum atomic E-state index is 6.66. The Morgan fingerprint density at radius 2 is 1.85 bits per heavy atom. The normalized spacial score (nSPS) is 12.2. The number of ether oxygens (including phenoxy) is 1. The van der Waals surface area contributed by atoms with E-state index < -0.39 is 0 Å². The molecular formula is C17H18Cl2O. The summed E-state index contributed by atoms with van der Waals surface area (Å²) in [5.41, 5.74) is 4.05. The monoisotopic (exact) mass is 308 g/mol. The molecule has 1 atom stereocenters. The number of aryl methyl sites for hydroxylation is 2. The van der Waals surface area contributed by atoms with E-state index in [0.717, 1.165) is 33.0 Å². The molecule has 0 N–H and O–H groups in total. The molecule has 0 radical (unpaired) electrons. The van der Waals surface area contributed by atoms with Crippen molar-refractivity contribution in [2.75, 3.05) is 6.61 Å². The van der Waals surface area contributed by atoms with Crippen molar-refractivity contribution in [3.05, 3.63) is 63.7 Å². The summed E-state index contributed by atoms with van der Waals surface area (Å²) in [6.07, 6.45) is 0. The average Bonchev–Trinajstić information content (AvgIpc) is 2.43. The van der Waals surface area contributed by atoms with Crippen LogP contribution in [0.2, 0.25) is 5.02 Å². The first-order valence-electron chi connectivity index (χ1n) is 6.67. The number of benzene rings is 2. The Hall–Kier alpha value is -1.18. The van der Waals surface area contributed by atoms with Crippen LogP contribution >= 0.6 is 23.2 Å². The lowest BCUT2D eigenvalue weighted by molar-refractivity contribution is 0.337. The van der Waals surface area contributed by atoms with Gasteiger partial charge in [0.1, 0.15) is 5.75 Å². The summed E-state index contributed by atoms with van der Waals surface area (Å²) in [5, 5.41) is 0.403. The molecule has 0 bridgehead atoms. The zero-order chi connectivity index (χ0) is 14.7. The number of alkyl halides is 1. The summed E-state index contributed by atoms with van der Waals surface area (Å²) in [6.45, 7) is 6.60. The second kappa shape index (κ2) is 6.51. The Morgan fingerprint density at radius 3 is 2.55 bits per heavy atom. The second-order valence-corrected chi connectivity index (χ2v) is 5.63. The van der Waals surface area contributed by atoms with Crippen molar-refractivity contribution in [3.63, 3.8) is 0 Å². The molecule has 1 unspecified atom stereocenters. The Balaban J connectivity index is 2.49. The van der Waals surface area contributed by atoms with Crippen LogP contribution in [0.15, 0.2) is 36.4 Å². The van der Waals surface area contributed by atoms with E-state index in [1.165, 1.54) is 0 Å². The van der Waals surface area contributed by atoms with Crippen molar-refractivity contribution in [2.24, 2.45) is 0 Å². The van der Waals surface area contributed by atoms with Gasteiger partial charge < -0.3 is 4.74 Å². The number of hydrogen-bond donors (Lipinski definition) is 0. The maximum absolute atomic E-state index is 6.66. The van der Waals surface area contributed by atoms with Gasteiger partial charge in [-0.1, -0.05) is 47.5 Å². The minimum Gasteiger partial charge on any atom is -0.494 e. The number of hydrogen-bond acceptors (Lipinski definition) is 1. The summed E-state index contributed by atoms with van der Waals surface area (Å²) in [7, 11) is 0. The van der Waals surface area contributed by atoms with Crippen LogP contribution in [-0.2, 0) is 0 Å². The van der Waals surface area contributed by atoms with E-state index >= 15 is 0 Å². The highest BCUT2D eigenvalue weighted by atomic mass is 35.5. The minimum absolute atomic E-state index is 0.316. The fourth-order valence-electron chi connectivity index (χ4n) is 2.19. The van der Waals surface area contributed by atoms with Gasteiger partial charge in [-0.3, -0.25) is 0 Å². The van der Waals surface area contributed by atoms with Crippen molar-refractivity contribution in [2.45, 2.75) is 26.1 Å². The highest BCUT2D eigenvalue weighted by Crippen LogP contribution is 2.39. The van der Waals surface area contributed by atoms with Crippen molar-refractivity contribution in [1.82, 2.24) is 0 Å². The Bertz CT molecular complexity index is 608. The molecule has 0 aliphatic rings. The lowest BCUT2D eigenvalue weighted by Crippen LogP contribution is -2.02. The van der Waals surface area contributed by atoms with Gasteiger partial charge in [-0.2, -0.15) is 0 Å². The van der Waals surface area contributed by atoms with E-state index in [9.17, 15) is 0 Å². The minimum atomic E-state index is -0.316. The van der Waals surface area contributed by atoms with Crippen LogP contribution in [0.1, 0.15) is 34.6 Å². The van der Waals surface area contributed by atoms with Gasteiger partial charge in [0.05, 0.1) is 12.0 Å². The molecule has 0 aliphatic carbocycles. The Morgan fingerprint density at radius 1 is 1.10 bits per heavy atom. The second-order valence-electron chi connectivity index (χ2n) is 4.81. The van der Waals surface area contributed by atoms with Crippen LogP contribution in [0.5, 0.6) is 5.75 Å². The first kappa shape index (κ1) is 15.2. The molecule has 0 aromatic heterocycles. The molecule has 0 aliphatic heterocycles. The van der Waals surface area contributed by atoms with Gasteiger partial charge in [0.2, 0.25) is 0 Å². The van der Waals surface area contributed by atoms with Gasteiger partial charge in [0, 0.05) is 10.6 Å². The largest absolute Gasteiger partial charge is 0.494 e. The molecule has 0 saturated heterocycles. The number of halogens is 2. The summed E-state index contributed by atoms with van der Waals surface area (Å²) in [4.78, 5) is 0. The molecule has 0 fully saturated rings. The van der Waals surface area contributed by atoms with Gasteiger partial charge >= 0.3 is 0 Å². The first-order valence-corrected chi connectivity index (χ1v) is 7.48. The molecule has 0 spiro atoms. The van der Waals surface area contributed by atoms with Crippen LogP contribution in [0.25, 0.3) is 0 Å². The molecule has 3 heteroatoms. The average molecular weight is 309 g/mol. The molecule has 1 nitrogen and oxygen atoms in total. The van der Waals surface area contributed by atoms with E-state index in [4.69, 9.17) is 27.9 Å². The Kier molecular flexibility index (Phi) is 4.95. The van der Waals surface area contributed by atoms with Crippen molar-refractivity contribution >= 4 is 23.2 Å². The van der Waals surface area contributed by atoms with Gasteiger partial charge in [0.15, 0.2) is 0 Å². The van der Waals surface area contributed by atoms with Crippen LogP contribution in [0, 0.1) is 13.8 Å². The predicted molar refractivity (Wildman–Crippen MR) is 86.2 cm³/mol. The quantitative estimate of drug-likeness (QED) is 0.660. The SMILES string of the molecule is CCOc1ccc(C)cc1C(Cl)c1cccc(C)c1Cl. The third-order valence-corrected chi connectivity index (χ3v) is 4.22. The van der Waals surface area contributed by atoms with E-state index in [0.29, 0.717) is 6.61 Å². The van der Waals surface area contributed by atoms with Gasteiger partial charge in [0.25, 0.3) is 0 Å². The van der Waals surface area contributed by atoms with Crippen molar-refractivity contribution < 1.29 is 4.74 Å². The van der Waals surface area contributed by atoms with E-state index in [2.05, 4.69) is 6.07 Å². The lowest BCUT2D eigenvalue weighted by atomic mass is 10.00. The van der Waals surface area contributed by atoms with Crippen LogP contribution < -0.4 is 4.74 Å². The molecule has 106 valence electrons. The molecule has 2 aromatic carbocycles. The summed E-state index contributed by atoms with van der Waals surface area (Å²) in [5.74, 6) is 0.815. The fraction of sp³-hybridized carbons (Fsp3) is 0.294. The fourth-order valence-corrected chi connectivity index (χ4v) is 2.83. The van der Waals surface area contributed by atoms with Crippen LogP contribution in [-0.4, -0.2) is 6.61 Å². The molecule has 2 aromatic rings. The van der Waals surface area contributed by atoms with E-state index in [1.54, 1.807) is 0 Å². The van der Waals surface area contributed by atoms with Gasteiger partial charge in [-0.05, 0) is 38.0 Å². The molecule has 20 heavy (non-hydrogen) atoms. The third kappa shape index (κ3) is 3.11. The standard InChI is InChI=1S/C17H18Cl2O/c1-4-20-15-9-8-11(2)10-14(15)17(19)13-7-5-6-12(3)16(13)18/h5-10,17H,4H2,1-3H3. The zero-order valence-electron chi connectivity index (χ0n) is 11.9. The highest BCUT2D eigenvalue weighted by Gasteiger charge is 2.19. The molecule has 2 rings (SSSR count). The molecular weight excluding hydrogens is 291 g/mol. The highest BCUT2D eigenvalue weighted by molar-refractivity contribution is 6.33. The summed E-state index contributed by atoms with van der Waals surface area (Å²) in [6, 6.07) is 12.0. The molecule has 0 amide bonds. The summed E-state index contributed by atoms with van der Waals surface area (Å²) >= 11 is 13.0. The topological polar surface area (TPSA) is 9.23 Å². The first-order chi connectivity index (χ1) is 9.54. The van der Waals surface area contributed by atoms with Gasteiger partial charge in [-0.15, -0.1) is 11.6 Å². The zero-order valence-corrected chi connectivity index (χ0v) is 13.4. The van der Waals surface area contributed by atoms with Gasteiger partial charge in [-0.25, -0.2) is 0 Å². The lowest BCUT2D eigenvalue weighted by Gasteiger charge is -2.18. The summed E-state index contributed by atoms with van der Waals surface area (Å²) < 4.78 is 5.68. The van der Waals surface area contributed by atoms with E-state index in [-0.39, 0.29) is 5.38 Å². The van der Waals surface area contributed by atoms with Crippen LogP contribution in [0.3, 0.4) is 0 Å². The smallest absolute Gasteiger partial charge is 0.124 e. The third-order valence-electron chi connectivity index (χ3n) is 3.23. The predicted octanol–water partition coefficient (Wildman–Crippen LogP) is 5.68. The van der Waals surface area contributed by atoms with E-state index in [1.807, 2.05) is 51.1 Å². The van der Waals surface area contributed by atoms with Crippen molar-refractivity contribution in [1.29, 1.82) is 0 Å². The van der Waals surface area contributed by atoms with Crippen molar-refractivity contribution in [3.8, 4) is 5.75 Å². The number of rotatable bonds is 4. The molecule has 0 saturated carbocycles. The van der Waals surface area contributed by atoms with Crippen LogP contribution in [0.4, 0.5) is 0 Å². The molecule has 0 heterocycles.